The van der Waals surface area contributed by atoms with E-state index in [0.717, 1.165) is 0 Å². The number of nitriles is 1. The van der Waals surface area contributed by atoms with E-state index in [4.69, 9.17) is 10.4 Å². The summed E-state index contributed by atoms with van der Waals surface area (Å²) in [6, 6.07) is 7.85. The molecule has 0 aliphatic rings. The standard InChI is InChI=1S/C15H22N2O3S/c1-15(2,3)12-17(9-4-10-18)21(19,20)14-7-5-13(11-16)6-8-14/h5-8,18H,4,9-10,12H2,1-3H3. The molecule has 5 nitrogen and oxygen atoms in total. The lowest BCUT2D eigenvalue weighted by Crippen LogP contribution is -2.38. The summed E-state index contributed by atoms with van der Waals surface area (Å²) < 4.78 is 26.7. The molecule has 21 heavy (non-hydrogen) atoms. The Kier molecular flexibility index (Phi) is 5.90. The molecule has 116 valence electrons. The third kappa shape index (κ3) is 5.12. The van der Waals surface area contributed by atoms with Crippen molar-refractivity contribution >= 4 is 10.0 Å². The molecular formula is C15H22N2O3S. The van der Waals surface area contributed by atoms with Gasteiger partial charge in [0.2, 0.25) is 10.0 Å². The first-order valence-corrected chi connectivity index (χ1v) is 8.26. The van der Waals surface area contributed by atoms with Gasteiger partial charge in [0.15, 0.2) is 0 Å². The van der Waals surface area contributed by atoms with E-state index in [1.54, 1.807) is 0 Å². The molecule has 0 spiro atoms. The molecule has 0 aliphatic heterocycles. The molecule has 1 N–H and O–H groups in total. The molecule has 1 aromatic rings. The highest BCUT2D eigenvalue weighted by Gasteiger charge is 2.28. The molecule has 1 aromatic carbocycles. The maximum Gasteiger partial charge on any atom is 0.243 e. The number of aliphatic hydroxyl groups is 1. The molecule has 0 amide bonds. The average Bonchev–Trinajstić information content (AvgIpc) is 2.42. The lowest BCUT2D eigenvalue weighted by atomic mass is 9.97. The minimum Gasteiger partial charge on any atom is -0.396 e. The quantitative estimate of drug-likeness (QED) is 0.871. The second kappa shape index (κ2) is 7.03. The lowest BCUT2D eigenvalue weighted by molar-refractivity contribution is 0.241. The predicted octanol–water partition coefficient (Wildman–Crippen LogP) is 1.98. The number of hydrogen-bond donors (Lipinski definition) is 1. The van der Waals surface area contributed by atoms with Crippen LogP contribution in [0.15, 0.2) is 29.2 Å². The topological polar surface area (TPSA) is 81.4 Å². The van der Waals surface area contributed by atoms with Crippen LogP contribution in [-0.4, -0.2) is 37.5 Å². The van der Waals surface area contributed by atoms with E-state index in [-0.39, 0.29) is 23.5 Å². The summed E-state index contributed by atoms with van der Waals surface area (Å²) in [6.07, 6.45) is 0.394. The Morgan fingerprint density at radius 1 is 1.24 bits per heavy atom. The molecule has 0 bridgehead atoms. The van der Waals surface area contributed by atoms with Crippen molar-refractivity contribution in [2.45, 2.75) is 32.1 Å². The second-order valence-corrected chi connectivity index (χ2v) is 8.05. The smallest absolute Gasteiger partial charge is 0.243 e. The first-order valence-electron chi connectivity index (χ1n) is 6.82. The van der Waals surface area contributed by atoms with Gasteiger partial charge in [-0.2, -0.15) is 9.57 Å². The third-order valence-corrected chi connectivity index (χ3v) is 4.70. The van der Waals surface area contributed by atoms with Crippen LogP contribution in [0.2, 0.25) is 0 Å². The van der Waals surface area contributed by atoms with Crippen molar-refractivity contribution in [3.05, 3.63) is 29.8 Å². The fourth-order valence-corrected chi connectivity index (χ4v) is 3.62. The molecule has 0 radical (unpaired) electrons. The monoisotopic (exact) mass is 310 g/mol. The van der Waals surface area contributed by atoms with Crippen molar-refractivity contribution in [3.8, 4) is 6.07 Å². The van der Waals surface area contributed by atoms with Crippen molar-refractivity contribution in [2.75, 3.05) is 19.7 Å². The van der Waals surface area contributed by atoms with Crippen LogP contribution in [0, 0.1) is 16.7 Å². The Morgan fingerprint density at radius 3 is 2.24 bits per heavy atom. The predicted molar refractivity (Wildman–Crippen MR) is 81.1 cm³/mol. The Hall–Kier alpha value is -1.42. The second-order valence-electron chi connectivity index (χ2n) is 6.11. The van der Waals surface area contributed by atoms with Gasteiger partial charge in [0.1, 0.15) is 0 Å². The number of benzene rings is 1. The number of nitrogens with zero attached hydrogens (tertiary/aromatic N) is 2. The largest absolute Gasteiger partial charge is 0.396 e. The summed E-state index contributed by atoms with van der Waals surface area (Å²) in [6.45, 7) is 6.49. The number of aliphatic hydroxyl groups excluding tert-OH is 1. The maximum absolute atomic E-state index is 12.7. The van der Waals surface area contributed by atoms with Crippen LogP contribution in [0.4, 0.5) is 0 Å². The van der Waals surface area contributed by atoms with Gasteiger partial charge < -0.3 is 5.11 Å². The fourth-order valence-electron chi connectivity index (χ4n) is 1.91. The molecule has 0 saturated carbocycles. The van der Waals surface area contributed by atoms with Crippen molar-refractivity contribution < 1.29 is 13.5 Å². The summed E-state index contributed by atoms with van der Waals surface area (Å²) in [5.41, 5.74) is 0.237. The Bertz CT molecular complexity index is 595. The minimum absolute atomic E-state index is 0.0521. The van der Waals surface area contributed by atoms with Crippen molar-refractivity contribution in [3.63, 3.8) is 0 Å². The van der Waals surface area contributed by atoms with Gasteiger partial charge in [0.25, 0.3) is 0 Å². The van der Waals surface area contributed by atoms with Crippen molar-refractivity contribution in [1.82, 2.24) is 4.31 Å². The van der Waals surface area contributed by atoms with Gasteiger partial charge in [-0.25, -0.2) is 8.42 Å². The van der Waals surface area contributed by atoms with Gasteiger partial charge in [-0.1, -0.05) is 20.8 Å². The van der Waals surface area contributed by atoms with Crippen molar-refractivity contribution in [2.24, 2.45) is 5.41 Å². The van der Waals surface area contributed by atoms with E-state index >= 15 is 0 Å². The number of hydrogen-bond acceptors (Lipinski definition) is 4. The molecule has 6 heteroatoms. The molecule has 0 atom stereocenters. The van der Waals surface area contributed by atoms with Gasteiger partial charge in [-0.3, -0.25) is 0 Å². The Morgan fingerprint density at radius 2 is 1.81 bits per heavy atom. The normalized spacial score (nSPS) is 12.4. The first kappa shape index (κ1) is 17.6. The maximum atomic E-state index is 12.7. The van der Waals surface area contributed by atoms with E-state index in [9.17, 15) is 8.42 Å². The third-order valence-electron chi connectivity index (χ3n) is 2.84. The van der Waals surface area contributed by atoms with E-state index in [1.165, 1.54) is 28.6 Å². The van der Waals surface area contributed by atoms with Crippen LogP contribution in [-0.2, 0) is 10.0 Å². The fraction of sp³-hybridized carbons (Fsp3) is 0.533. The lowest BCUT2D eigenvalue weighted by Gasteiger charge is -2.29. The van der Waals surface area contributed by atoms with Gasteiger partial charge in [-0.15, -0.1) is 0 Å². The molecular weight excluding hydrogens is 288 g/mol. The highest BCUT2D eigenvalue weighted by molar-refractivity contribution is 7.89. The molecule has 0 aliphatic carbocycles. The highest BCUT2D eigenvalue weighted by Crippen LogP contribution is 2.22. The molecule has 0 heterocycles. The van der Waals surface area contributed by atoms with E-state index in [1.807, 2.05) is 26.8 Å². The van der Waals surface area contributed by atoms with Gasteiger partial charge in [0, 0.05) is 19.7 Å². The Balaban J connectivity index is 3.10. The summed E-state index contributed by atoms with van der Waals surface area (Å²) in [5.74, 6) is 0. The van der Waals surface area contributed by atoms with Crippen LogP contribution < -0.4 is 0 Å². The zero-order valence-electron chi connectivity index (χ0n) is 12.7. The SMILES string of the molecule is CC(C)(C)CN(CCCO)S(=O)(=O)c1ccc(C#N)cc1. The zero-order chi connectivity index (χ0) is 16.1. The van der Waals surface area contributed by atoms with Crippen molar-refractivity contribution in [1.29, 1.82) is 5.26 Å². The zero-order valence-corrected chi connectivity index (χ0v) is 13.5. The number of sulfonamides is 1. The van der Waals surface area contributed by atoms with Crippen LogP contribution in [0.1, 0.15) is 32.8 Å². The van der Waals surface area contributed by atoms with Crippen LogP contribution >= 0.6 is 0 Å². The summed E-state index contributed by atoms with van der Waals surface area (Å²) in [5, 5.41) is 17.7. The van der Waals surface area contributed by atoms with Gasteiger partial charge >= 0.3 is 0 Å². The minimum atomic E-state index is -3.62. The molecule has 0 fully saturated rings. The van der Waals surface area contributed by atoms with E-state index < -0.39 is 10.0 Å². The molecule has 0 aromatic heterocycles. The number of rotatable bonds is 6. The first-order chi connectivity index (χ1) is 9.70. The molecule has 0 unspecified atom stereocenters. The molecule has 1 rings (SSSR count). The van der Waals surface area contributed by atoms with E-state index in [0.29, 0.717) is 18.5 Å². The average molecular weight is 310 g/mol. The van der Waals surface area contributed by atoms with E-state index in [2.05, 4.69) is 0 Å². The van der Waals surface area contributed by atoms with Crippen LogP contribution in [0.3, 0.4) is 0 Å². The van der Waals surface area contributed by atoms with Crippen LogP contribution in [0.5, 0.6) is 0 Å². The summed E-state index contributed by atoms with van der Waals surface area (Å²) >= 11 is 0. The Labute approximate surface area is 126 Å². The molecule has 0 saturated heterocycles. The summed E-state index contributed by atoms with van der Waals surface area (Å²) in [4.78, 5) is 0.170. The summed E-state index contributed by atoms with van der Waals surface area (Å²) in [7, 11) is -3.62. The van der Waals surface area contributed by atoms with Gasteiger partial charge in [-0.05, 0) is 36.1 Å². The highest BCUT2D eigenvalue weighted by atomic mass is 32.2. The van der Waals surface area contributed by atoms with Gasteiger partial charge in [0.05, 0.1) is 16.5 Å². The van der Waals surface area contributed by atoms with Crippen LogP contribution in [0.25, 0.3) is 0 Å².